The molecular weight excluding hydrogens is 304 g/mol. The molecule has 2 atom stereocenters. The topological polar surface area (TPSA) is 80.3 Å². The van der Waals surface area contributed by atoms with Crippen LogP contribution >= 0.6 is 0 Å². The number of hydrogen-bond acceptors (Lipinski definition) is 5. The van der Waals surface area contributed by atoms with Crippen LogP contribution < -0.4 is 5.32 Å². The van der Waals surface area contributed by atoms with Crippen LogP contribution in [0.5, 0.6) is 0 Å². The molecule has 1 saturated carbocycles. The van der Waals surface area contributed by atoms with Gasteiger partial charge in [0, 0.05) is 30.7 Å². The van der Waals surface area contributed by atoms with Gasteiger partial charge < -0.3 is 14.8 Å². The normalized spacial score (nSPS) is 21.4. The average Bonchev–Trinajstić information content (AvgIpc) is 3.29. The zero-order valence-electron chi connectivity index (χ0n) is 13.5. The van der Waals surface area contributed by atoms with Crippen molar-refractivity contribution in [2.45, 2.75) is 50.9 Å². The third-order valence-electron chi connectivity index (χ3n) is 4.85. The molecule has 2 N–H and O–H groups in total. The first-order valence-corrected chi connectivity index (χ1v) is 8.51. The van der Waals surface area contributed by atoms with Crippen molar-refractivity contribution in [2.75, 3.05) is 0 Å². The molecule has 0 saturated heterocycles. The van der Waals surface area contributed by atoms with Gasteiger partial charge in [-0.15, -0.1) is 5.10 Å². The van der Waals surface area contributed by atoms with E-state index in [0.717, 1.165) is 25.0 Å². The van der Waals surface area contributed by atoms with Gasteiger partial charge in [-0.1, -0.05) is 24.1 Å². The third kappa shape index (κ3) is 2.92. The highest BCUT2D eigenvalue weighted by Crippen LogP contribution is 2.28. The highest BCUT2D eigenvalue weighted by molar-refractivity contribution is 5.39. The molecule has 0 aliphatic heterocycles. The largest absolute Gasteiger partial charge is 0.390 e. The summed E-state index contributed by atoms with van der Waals surface area (Å²) in [5, 5.41) is 21.1. The van der Waals surface area contributed by atoms with Gasteiger partial charge in [-0.25, -0.2) is 9.67 Å². The van der Waals surface area contributed by atoms with Crippen LogP contribution in [0, 0.1) is 0 Å². The van der Waals surface area contributed by atoms with E-state index in [9.17, 15) is 5.11 Å². The smallest absolute Gasteiger partial charge is 0.136 e. The van der Waals surface area contributed by atoms with E-state index < -0.39 is 0 Å². The van der Waals surface area contributed by atoms with Gasteiger partial charge in [0.2, 0.25) is 0 Å². The van der Waals surface area contributed by atoms with Gasteiger partial charge in [0.15, 0.2) is 0 Å². The number of aliphatic hydroxyl groups is 1. The molecule has 4 rings (SSSR count). The minimum absolute atomic E-state index is 0.0621. The van der Waals surface area contributed by atoms with Crippen molar-refractivity contribution in [2.24, 2.45) is 0 Å². The fourth-order valence-electron chi connectivity index (χ4n) is 3.60. The maximum atomic E-state index is 9.21. The number of imidazole rings is 1. The first-order valence-electron chi connectivity index (χ1n) is 8.51. The second-order valence-electron chi connectivity index (χ2n) is 6.36. The van der Waals surface area contributed by atoms with E-state index in [1.807, 2.05) is 35.4 Å². The van der Waals surface area contributed by atoms with Crippen LogP contribution in [-0.2, 0) is 13.2 Å². The number of nitrogens with zero attached hydrogens (tertiary/aromatic N) is 5. The van der Waals surface area contributed by atoms with Crippen molar-refractivity contribution in [1.82, 2.24) is 29.7 Å². The molecule has 0 bridgehead atoms. The minimum atomic E-state index is -0.0621. The highest BCUT2D eigenvalue weighted by Gasteiger charge is 2.27. The number of nitrogens with one attached hydrogen (secondary N) is 1. The molecule has 0 unspecified atom stereocenters. The maximum absolute atomic E-state index is 9.21. The molecule has 0 spiro atoms. The minimum Gasteiger partial charge on any atom is -0.390 e. The Morgan fingerprint density at radius 3 is 3.04 bits per heavy atom. The first kappa shape index (κ1) is 15.3. The van der Waals surface area contributed by atoms with Crippen molar-refractivity contribution in [1.29, 1.82) is 0 Å². The molecular formula is C17H22N6O. The van der Waals surface area contributed by atoms with Gasteiger partial charge in [0.05, 0.1) is 18.8 Å². The number of fused-ring (bicyclic) bond motifs is 1. The molecule has 7 heteroatoms. The summed E-state index contributed by atoms with van der Waals surface area (Å²) in [5.74, 6) is 0. The Morgan fingerprint density at radius 2 is 2.17 bits per heavy atom. The summed E-state index contributed by atoms with van der Waals surface area (Å²) in [6, 6.07) is 6.82. The molecule has 0 amide bonds. The van der Waals surface area contributed by atoms with Crippen LogP contribution in [0.25, 0.3) is 5.65 Å². The van der Waals surface area contributed by atoms with E-state index in [1.165, 1.54) is 18.5 Å². The lowest BCUT2D eigenvalue weighted by molar-refractivity contribution is 0.241. The van der Waals surface area contributed by atoms with Crippen LogP contribution in [0.2, 0.25) is 0 Å². The van der Waals surface area contributed by atoms with E-state index in [2.05, 4.69) is 31.1 Å². The monoisotopic (exact) mass is 326 g/mol. The average molecular weight is 326 g/mol. The van der Waals surface area contributed by atoms with Crippen LogP contribution in [0.4, 0.5) is 0 Å². The number of hydrogen-bond donors (Lipinski definition) is 2. The Morgan fingerprint density at radius 1 is 1.25 bits per heavy atom. The molecule has 0 radical (unpaired) electrons. The molecule has 24 heavy (non-hydrogen) atoms. The van der Waals surface area contributed by atoms with Crippen molar-refractivity contribution in [3.8, 4) is 0 Å². The van der Waals surface area contributed by atoms with Gasteiger partial charge in [-0.05, 0) is 25.0 Å². The van der Waals surface area contributed by atoms with Gasteiger partial charge in [0.25, 0.3) is 0 Å². The number of rotatable bonds is 5. The third-order valence-corrected chi connectivity index (χ3v) is 4.85. The zero-order valence-corrected chi connectivity index (χ0v) is 13.5. The van der Waals surface area contributed by atoms with E-state index in [1.54, 1.807) is 0 Å². The Hall–Kier alpha value is -2.25. The van der Waals surface area contributed by atoms with E-state index in [4.69, 9.17) is 0 Å². The van der Waals surface area contributed by atoms with E-state index in [0.29, 0.717) is 11.7 Å². The van der Waals surface area contributed by atoms with Gasteiger partial charge in [-0.2, -0.15) is 0 Å². The molecule has 0 aromatic carbocycles. The first-order chi connectivity index (χ1) is 11.8. The molecule has 7 nitrogen and oxygen atoms in total. The lowest BCUT2D eigenvalue weighted by Crippen LogP contribution is -2.40. The second kappa shape index (κ2) is 6.70. The molecule has 1 fully saturated rings. The van der Waals surface area contributed by atoms with E-state index in [-0.39, 0.29) is 12.6 Å². The molecule has 3 aromatic rings. The van der Waals surface area contributed by atoms with Crippen LogP contribution in [0.1, 0.15) is 43.1 Å². The van der Waals surface area contributed by atoms with Crippen LogP contribution in [-0.4, -0.2) is 35.5 Å². The molecule has 126 valence electrons. The summed E-state index contributed by atoms with van der Waals surface area (Å²) in [6.45, 7) is 0.726. The summed E-state index contributed by atoms with van der Waals surface area (Å²) in [7, 11) is 0. The SMILES string of the molecule is OCc1cn([C@@H]2CCCC[C@@H]2NCc2cccc3nccn23)nn1. The van der Waals surface area contributed by atoms with Gasteiger partial charge in [-0.3, -0.25) is 0 Å². The van der Waals surface area contributed by atoms with Crippen molar-refractivity contribution in [3.05, 3.63) is 48.2 Å². The quantitative estimate of drug-likeness (QED) is 0.746. The molecule has 1 aliphatic carbocycles. The number of aliphatic hydroxyl groups excluding tert-OH is 1. The summed E-state index contributed by atoms with van der Waals surface area (Å²) in [5.41, 5.74) is 2.80. The van der Waals surface area contributed by atoms with E-state index >= 15 is 0 Å². The summed E-state index contributed by atoms with van der Waals surface area (Å²) < 4.78 is 4.03. The fourth-order valence-corrected chi connectivity index (χ4v) is 3.60. The number of aromatic nitrogens is 5. The molecule has 3 heterocycles. The molecule has 1 aliphatic rings. The lowest BCUT2D eigenvalue weighted by atomic mass is 9.90. The van der Waals surface area contributed by atoms with Gasteiger partial charge >= 0.3 is 0 Å². The van der Waals surface area contributed by atoms with Crippen molar-refractivity contribution < 1.29 is 5.11 Å². The lowest BCUT2D eigenvalue weighted by Gasteiger charge is -2.32. The fraction of sp³-hybridized carbons (Fsp3) is 0.471. The summed E-state index contributed by atoms with van der Waals surface area (Å²) in [4.78, 5) is 4.34. The second-order valence-corrected chi connectivity index (χ2v) is 6.36. The molecule has 3 aromatic heterocycles. The Bertz CT molecular complexity index is 810. The summed E-state index contributed by atoms with van der Waals surface area (Å²) in [6.07, 6.45) is 10.3. The highest BCUT2D eigenvalue weighted by atomic mass is 16.3. The predicted octanol–water partition coefficient (Wildman–Crippen LogP) is 1.69. The Labute approximate surface area is 140 Å². The zero-order chi connectivity index (χ0) is 16.4. The Kier molecular flexibility index (Phi) is 4.27. The van der Waals surface area contributed by atoms with Crippen molar-refractivity contribution >= 4 is 5.65 Å². The Balaban J connectivity index is 1.50. The van der Waals surface area contributed by atoms with Crippen LogP contribution in [0.15, 0.2) is 36.8 Å². The van der Waals surface area contributed by atoms with Crippen LogP contribution in [0.3, 0.4) is 0 Å². The standard InChI is InChI=1S/C17H22N6O/c24-12-13-11-23(21-20-13)16-6-2-1-5-15(16)19-10-14-4-3-7-17-18-8-9-22(14)17/h3-4,7-9,11,15-16,19,24H,1-2,5-6,10,12H2/t15-,16+/m0/s1. The maximum Gasteiger partial charge on any atom is 0.136 e. The summed E-state index contributed by atoms with van der Waals surface area (Å²) >= 11 is 0. The van der Waals surface area contributed by atoms with Crippen molar-refractivity contribution in [3.63, 3.8) is 0 Å². The predicted molar refractivity (Wildman–Crippen MR) is 89.3 cm³/mol. The number of pyridine rings is 1. The van der Waals surface area contributed by atoms with Gasteiger partial charge in [0.1, 0.15) is 11.3 Å².